The molecule has 106 valence electrons. The van der Waals surface area contributed by atoms with Gasteiger partial charge in [0.05, 0.1) is 5.69 Å². The van der Waals surface area contributed by atoms with Gasteiger partial charge in [-0.3, -0.25) is 0 Å². The molecule has 0 radical (unpaired) electrons. The first-order chi connectivity index (χ1) is 9.26. The van der Waals surface area contributed by atoms with Gasteiger partial charge in [-0.05, 0) is 32.7 Å². The first kappa shape index (κ1) is 14.2. The van der Waals surface area contributed by atoms with Gasteiger partial charge in [0.2, 0.25) is 0 Å². The summed E-state index contributed by atoms with van der Waals surface area (Å²) in [4.78, 5) is 10.1. The van der Waals surface area contributed by atoms with E-state index in [-0.39, 0.29) is 5.82 Å². The largest absolute Gasteiger partial charge is 0.353 e. The molecule has 1 atom stereocenters. The second-order valence-electron chi connectivity index (χ2n) is 5.00. The summed E-state index contributed by atoms with van der Waals surface area (Å²) < 4.78 is 14.3. The van der Waals surface area contributed by atoms with Gasteiger partial charge in [0.1, 0.15) is 6.33 Å². The summed E-state index contributed by atoms with van der Waals surface area (Å²) in [6.45, 7) is 6.59. The van der Waals surface area contributed by atoms with Gasteiger partial charge < -0.3 is 10.2 Å². The zero-order valence-corrected chi connectivity index (χ0v) is 11.8. The summed E-state index contributed by atoms with van der Waals surface area (Å²) in [7, 11) is 0. The fraction of sp³-hybridized carbons (Fsp3) is 0.714. The van der Waals surface area contributed by atoms with Crippen LogP contribution in [0.15, 0.2) is 6.33 Å². The lowest BCUT2D eigenvalue weighted by Gasteiger charge is -2.30. The topological polar surface area (TPSA) is 41.1 Å². The van der Waals surface area contributed by atoms with Crippen LogP contribution in [0.4, 0.5) is 10.2 Å². The highest BCUT2D eigenvalue weighted by atomic mass is 19.1. The molecule has 0 aliphatic carbocycles. The molecule has 5 heteroatoms. The zero-order valence-electron chi connectivity index (χ0n) is 11.8. The van der Waals surface area contributed by atoms with Crippen LogP contribution in [0.5, 0.6) is 0 Å². The molecule has 1 N–H and O–H groups in total. The molecule has 1 aromatic heterocycles. The summed E-state index contributed by atoms with van der Waals surface area (Å²) in [5.41, 5.74) is 0.500. The fourth-order valence-corrected chi connectivity index (χ4v) is 2.57. The average Bonchev–Trinajstić information content (AvgIpc) is 2.46. The van der Waals surface area contributed by atoms with Crippen molar-refractivity contribution in [3.63, 3.8) is 0 Å². The maximum atomic E-state index is 14.3. The number of halogens is 1. The molecule has 1 unspecified atom stereocenters. The molecule has 1 aliphatic rings. The number of hydrogen-bond acceptors (Lipinski definition) is 4. The molecule has 0 spiro atoms. The summed E-state index contributed by atoms with van der Waals surface area (Å²) in [5, 5.41) is 3.49. The van der Waals surface area contributed by atoms with Gasteiger partial charge >= 0.3 is 0 Å². The van der Waals surface area contributed by atoms with Crippen LogP contribution in [0.25, 0.3) is 0 Å². The van der Waals surface area contributed by atoms with Crippen molar-refractivity contribution < 1.29 is 4.39 Å². The van der Waals surface area contributed by atoms with Crippen LogP contribution < -0.4 is 10.2 Å². The minimum absolute atomic E-state index is 0.261. The predicted molar refractivity (Wildman–Crippen MR) is 74.9 cm³/mol. The van der Waals surface area contributed by atoms with Crippen LogP contribution in [-0.4, -0.2) is 35.6 Å². The van der Waals surface area contributed by atoms with Gasteiger partial charge in [0, 0.05) is 19.1 Å². The first-order valence-corrected chi connectivity index (χ1v) is 7.24. The Morgan fingerprint density at radius 3 is 2.84 bits per heavy atom. The Balaban J connectivity index is 2.12. The lowest BCUT2D eigenvalue weighted by Crippen LogP contribution is -2.44. The second-order valence-corrected chi connectivity index (χ2v) is 5.00. The molecule has 0 aromatic carbocycles. The van der Waals surface area contributed by atoms with Crippen molar-refractivity contribution in [2.75, 3.05) is 24.5 Å². The van der Waals surface area contributed by atoms with Crippen molar-refractivity contribution in [1.29, 1.82) is 0 Å². The number of aromatic nitrogens is 2. The second kappa shape index (κ2) is 6.80. The SMILES string of the molecule is CCc1ncnc(N(CC)CC2CCCCN2)c1F. The molecule has 2 heterocycles. The molecule has 0 saturated carbocycles. The number of nitrogens with one attached hydrogen (secondary N) is 1. The third-order valence-electron chi connectivity index (χ3n) is 3.71. The lowest BCUT2D eigenvalue weighted by molar-refractivity contribution is 0.398. The summed E-state index contributed by atoms with van der Waals surface area (Å²) in [6, 6.07) is 0.438. The Kier molecular flexibility index (Phi) is 5.07. The van der Waals surface area contributed by atoms with Crippen molar-refractivity contribution in [3.8, 4) is 0 Å². The number of likely N-dealkylation sites (N-methyl/N-ethyl adjacent to an activating group) is 1. The van der Waals surface area contributed by atoms with E-state index in [1.54, 1.807) is 0 Å². The molecule has 1 aliphatic heterocycles. The van der Waals surface area contributed by atoms with E-state index in [0.717, 1.165) is 26.1 Å². The highest BCUT2D eigenvalue weighted by Gasteiger charge is 2.20. The number of nitrogens with zero attached hydrogens (tertiary/aromatic N) is 3. The van der Waals surface area contributed by atoms with Crippen molar-refractivity contribution in [2.24, 2.45) is 0 Å². The van der Waals surface area contributed by atoms with Gasteiger partial charge in [-0.1, -0.05) is 13.3 Å². The predicted octanol–water partition coefficient (Wildman–Crippen LogP) is 2.15. The molecule has 1 fully saturated rings. The Morgan fingerprint density at radius 2 is 2.21 bits per heavy atom. The zero-order chi connectivity index (χ0) is 13.7. The van der Waals surface area contributed by atoms with Crippen LogP contribution >= 0.6 is 0 Å². The molecule has 1 aromatic rings. The highest BCUT2D eigenvalue weighted by molar-refractivity contribution is 5.41. The number of piperidine rings is 1. The van der Waals surface area contributed by atoms with Gasteiger partial charge in [-0.25, -0.2) is 14.4 Å². The van der Waals surface area contributed by atoms with E-state index in [1.807, 2.05) is 18.7 Å². The van der Waals surface area contributed by atoms with Crippen LogP contribution in [0, 0.1) is 5.82 Å². The lowest BCUT2D eigenvalue weighted by atomic mass is 10.0. The first-order valence-electron chi connectivity index (χ1n) is 7.24. The smallest absolute Gasteiger partial charge is 0.187 e. The van der Waals surface area contributed by atoms with Crippen molar-refractivity contribution in [2.45, 2.75) is 45.6 Å². The molecule has 4 nitrogen and oxygen atoms in total. The van der Waals surface area contributed by atoms with E-state index < -0.39 is 0 Å². The Morgan fingerprint density at radius 1 is 1.37 bits per heavy atom. The number of rotatable bonds is 5. The molecule has 1 saturated heterocycles. The Hall–Kier alpha value is -1.23. The van der Waals surface area contributed by atoms with E-state index in [1.165, 1.54) is 19.2 Å². The molecule has 19 heavy (non-hydrogen) atoms. The van der Waals surface area contributed by atoms with Crippen LogP contribution in [0.3, 0.4) is 0 Å². The minimum atomic E-state index is -0.261. The van der Waals surface area contributed by atoms with Gasteiger partial charge in [0.15, 0.2) is 11.6 Å². The normalized spacial score (nSPS) is 19.4. The number of hydrogen-bond donors (Lipinski definition) is 1. The number of aryl methyl sites for hydroxylation is 1. The maximum Gasteiger partial charge on any atom is 0.187 e. The molecule has 0 amide bonds. The quantitative estimate of drug-likeness (QED) is 0.886. The van der Waals surface area contributed by atoms with Crippen molar-refractivity contribution in [3.05, 3.63) is 17.8 Å². The van der Waals surface area contributed by atoms with Crippen molar-refractivity contribution >= 4 is 5.82 Å². The highest BCUT2D eigenvalue weighted by Crippen LogP contribution is 2.19. The summed E-state index contributed by atoms with van der Waals surface area (Å²) in [5.74, 6) is 0.185. The fourth-order valence-electron chi connectivity index (χ4n) is 2.57. The average molecular weight is 266 g/mol. The molecular formula is C14H23FN4. The third kappa shape index (κ3) is 3.41. The standard InChI is InChI=1S/C14H23FN4/c1-3-12-13(15)14(18-10-17-12)19(4-2)9-11-7-5-6-8-16-11/h10-11,16H,3-9H2,1-2H3. The third-order valence-corrected chi connectivity index (χ3v) is 3.71. The van der Waals surface area contributed by atoms with E-state index in [9.17, 15) is 4.39 Å². The monoisotopic (exact) mass is 266 g/mol. The van der Waals surface area contributed by atoms with Gasteiger partial charge in [-0.2, -0.15) is 0 Å². The summed E-state index contributed by atoms with van der Waals surface area (Å²) in [6.07, 6.45) is 5.71. The summed E-state index contributed by atoms with van der Waals surface area (Å²) >= 11 is 0. The van der Waals surface area contributed by atoms with Crippen LogP contribution in [0.2, 0.25) is 0 Å². The van der Waals surface area contributed by atoms with Crippen LogP contribution in [-0.2, 0) is 6.42 Å². The number of anilines is 1. The Labute approximate surface area is 114 Å². The Bertz CT molecular complexity index is 404. The van der Waals surface area contributed by atoms with E-state index in [2.05, 4.69) is 15.3 Å². The van der Waals surface area contributed by atoms with E-state index >= 15 is 0 Å². The minimum Gasteiger partial charge on any atom is -0.353 e. The van der Waals surface area contributed by atoms with Crippen LogP contribution in [0.1, 0.15) is 38.8 Å². The van der Waals surface area contributed by atoms with E-state index in [0.29, 0.717) is 24.0 Å². The molecule has 0 bridgehead atoms. The molecule has 2 rings (SSSR count). The molecular weight excluding hydrogens is 243 g/mol. The maximum absolute atomic E-state index is 14.3. The van der Waals surface area contributed by atoms with Crippen molar-refractivity contribution in [1.82, 2.24) is 15.3 Å². The van der Waals surface area contributed by atoms with Gasteiger partial charge in [-0.15, -0.1) is 0 Å². The van der Waals surface area contributed by atoms with E-state index in [4.69, 9.17) is 0 Å². The van der Waals surface area contributed by atoms with Gasteiger partial charge in [0.25, 0.3) is 0 Å².